The number of piperidine rings is 2. The molecule has 2 fully saturated rings. The van der Waals surface area contributed by atoms with Gasteiger partial charge in [-0.25, -0.2) is 9.97 Å². The minimum atomic E-state index is -0.476. The Bertz CT molecular complexity index is 1080. The molecule has 2 N–H and O–H groups in total. The Morgan fingerprint density at radius 1 is 1.08 bits per heavy atom. The topological polar surface area (TPSA) is 98.9 Å². The standard InChI is InChI=1S/C27H39N7O2/c1-31(2)27-29-17-22(19-8-7-9-20(16-19)26(28)36)25(30-27)23-10-5-6-13-34(23)24(35)18-33(4)21-11-14-32(3)15-12-21/h7-9,16-17,21,23H,5-6,10-15,18H2,1-4H3,(H2,28,36)/t23-/m0/s1. The molecule has 3 heterocycles. The Labute approximate surface area is 214 Å². The first-order valence-corrected chi connectivity index (χ1v) is 12.9. The summed E-state index contributed by atoms with van der Waals surface area (Å²) in [4.78, 5) is 43.4. The van der Waals surface area contributed by atoms with E-state index in [4.69, 9.17) is 10.7 Å². The van der Waals surface area contributed by atoms with E-state index in [1.807, 2.05) is 36.0 Å². The lowest BCUT2D eigenvalue weighted by Crippen LogP contribution is -2.48. The van der Waals surface area contributed by atoms with Crippen LogP contribution in [-0.4, -0.2) is 96.9 Å². The predicted molar refractivity (Wildman–Crippen MR) is 142 cm³/mol. The molecule has 36 heavy (non-hydrogen) atoms. The van der Waals surface area contributed by atoms with Crippen molar-refractivity contribution in [3.63, 3.8) is 0 Å². The lowest BCUT2D eigenvalue weighted by atomic mass is 9.93. The van der Waals surface area contributed by atoms with Gasteiger partial charge in [0.05, 0.1) is 18.3 Å². The molecule has 2 aliphatic heterocycles. The number of hydrogen-bond donors (Lipinski definition) is 1. The van der Waals surface area contributed by atoms with E-state index in [1.165, 1.54) is 0 Å². The molecule has 0 radical (unpaired) electrons. The first kappa shape index (κ1) is 26.0. The smallest absolute Gasteiger partial charge is 0.248 e. The van der Waals surface area contributed by atoms with Crippen LogP contribution in [0.5, 0.6) is 0 Å². The van der Waals surface area contributed by atoms with Gasteiger partial charge in [0.25, 0.3) is 0 Å². The highest BCUT2D eigenvalue weighted by atomic mass is 16.2. The zero-order valence-electron chi connectivity index (χ0n) is 22.0. The van der Waals surface area contributed by atoms with Crippen molar-refractivity contribution < 1.29 is 9.59 Å². The van der Waals surface area contributed by atoms with E-state index in [2.05, 4.69) is 28.9 Å². The number of carbonyl (C=O) groups is 2. The molecular formula is C27H39N7O2. The summed E-state index contributed by atoms with van der Waals surface area (Å²) >= 11 is 0. The highest BCUT2D eigenvalue weighted by molar-refractivity contribution is 5.94. The molecule has 2 saturated heterocycles. The van der Waals surface area contributed by atoms with Crippen molar-refractivity contribution in [2.24, 2.45) is 5.73 Å². The van der Waals surface area contributed by atoms with E-state index in [0.717, 1.165) is 62.0 Å². The van der Waals surface area contributed by atoms with Gasteiger partial charge in [-0.1, -0.05) is 12.1 Å². The largest absolute Gasteiger partial charge is 0.366 e. The number of likely N-dealkylation sites (N-methyl/N-ethyl adjacent to an activating group) is 1. The molecule has 1 aromatic heterocycles. The average Bonchev–Trinajstić information content (AvgIpc) is 2.88. The zero-order chi connectivity index (χ0) is 25.8. The third-order valence-electron chi connectivity index (χ3n) is 7.50. The number of benzene rings is 1. The van der Waals surface area contributed by atoms with Crippen LogP contribution in [0.25, 0.3) is 11.1 Å². The fraction of sp³-hybridized carbons (Fsp3) is 0.556. The predicted octanol–water partition coefficient (Wildman–Crippen LogP) is 2.39. The Balaban J connectivity index is 1.65. The van der Waals surface area contributed by atoms with E-state index < -0.39 is 5.91 Å². The van der Waals surface area contributed by atoms with Crippen molar-refractivity contribution in [2.45, 2.75) is 44.2 Å². The molecule has 194 valence electrons. The maximum atomic E-state index is 13.7. The Morgan fingerprint density at radius 3 is 2.53 bits per heavy atom. The fourth-order valence-corrected chi connectivity index (χ4v) is 5.30. The van der Waals surface area contributed by atoms with Gasteiger partial charge in [-0.15, -0.1) is 0 Å². The second-order valence-electron chi connectivity index (χ2n) is 10.4. The van der Waals surface area contributed by atoms with Crippen LogP contribution in [0, 0.1) is 0 Å². The summed E-state index contributed by atoms with van der Waals surface area (Å²) in [5.74, 6) is 0.264. The number of aromatic nitrogens is 2. The van der Waals surface area contributed by atoms with E-state index >= 15 is 0 Å². The van der Waals surface area contributed by atoms with Crippen LogP contribution in [0.2, 0.25) is 0 Å². The van der Waals surface area contributed by atoms with Crippen molar-refractivity contribution in [3.8, 4) is 11.1 Å². The Kier molecular flexibility index (Phi) is 8.21. The van der Waals surface area contributed by atoms with Crippen molar-refractivity contribution in [1.29, 1.82) is 0 Å². The molecule has 0 bridgehead atoms. The highest BCUT2D eigenvalue weighted by Crippen LogP contribution is 2.37. The molecule has 0 aliphatic carbocycles. The van der Waals surface area contributed by atoms with Gasteiger partial charge in [-0.3, -0.25) is 14.5 Å². The van der Waals surface area contributed by atoms with Crippen LogP contribution in [0.4, 0.5) is 5.95 Å². The van der Waals surface area contributed by atoms with Gasteiger partial charge >= 0.3 is 0 Å². The molecule has 2 aromatic rings. The van der Waals surface area contributed by atoms with Crippen LogP contribution in [0.1, 0.15) is 54.2 Å². The first-order valence-electron chi connectivity index (χ1n) is 12.9. The summed E-state index contributed by atoms with van der Waals surface area (Å²) in [7, 11) is 8.04. The number of primary amides is 1. The Morgan fingerprint density at radius 2 is 1.83 bits per heavy atom. The first-order chi connectivity index (χ1) is 17.2. The number of carbonyl (C=O) groups excluding carboxylic acids is 2. The summed E-state index contributed by atoms with van der Waals surface area (Å²) in [6.07, 6.45) is 6.83. The molecule has 2 aliphatic rings. The third kappa shape index (κ3) is 5.84. The maximum absolute atomic E-state index is 13.7. The van der Waals surface area contributed by atoms with Gasteiger partial charge in [0, 0.05) is 44.0 Å². The van der Waals surface area contributed by atoms with Crippen LogP contribution in [0.15, 0.2) is 30.5 Å². The number of hydrogen-bond acceptors (Lipinski definition) is 7. The quantitative estimate of drug-likeness (QED) is 0.632. The minimum Gasteiger partial charge on any atom is -0.366 e. The van der Waals surface area contributed by atoms with Crippen molar-refractivity contribution in [3.05, 3.63) is 41.7 Å². The van der Waals surface area contributed by atoms with Gasteiger partial charge in [0.1, 0.15) is 0 Å². The average molecular weight is 494 g/mol. The van der Waals surface area contributed by atoms with Crippen molar-refractivity contribution in [2.75, 3.05) is 59.3 Å². The van der Waals surface area contributed by atoms with Gasteiger partial charge in [-0.2, -0.15) is 0 Å². The number of amides is 2. The third-order valence-corrected chi connectivity index (χ3v) is 7.50. The molecule has 1 aromatic carbocycles. The minimum absolute atomic E-state index is 0.142. The van der Waals surface area contributed by atoms with Crippen molar-refractivity contribution >= 4 is 17.8 Å². The van der Waals surface area contributed by atoms with E-state index in [1.54, 1.807) is 18.3 Å². The number of rotatable bonds is 7. The lowest BCUT2D eigenvalue weighted by molar-refractivity contribution is -0.136. The monoisotopic (exact) mass is 493 g/mol. The number of anilines is 1. The SMILES string of the molecule is CN1CCC(N(C)CC(=O)N2CCCC[C@H]2c2nc(N(C)C)ncc2-c2cccc(C(N)=O)c2)CC1. The van der Waals surface area contributed by atoms with Crippen LogP contribution < -0.4 is 10.6 Å². The summed E-state index contributed by atoms with van der Waals surface area (Å²) < 4.78 is 0. The van der Waals surface area contributed by atoms with E-state index in [-0.39, 0.29) is 11.9 Å². The van der Waals surface area contributed by atoms with Crippen LogP contribution >= 0.6 is 0 Å². The second kappa shape index (κ2) is 11.3. The summed E-state index contributed by atoms with van der Waals surface area (Å²) in [6, 6.07) is 7.52. The summed E-state index contributed by atoms with van der Waals surface area (Å²) in [5.41, 5.74) is 8.46. The normalized spacial score (nSPS) is 19.5. The molecule has 9 nitrogen and oxygen atoms in total. The van der Waals surface area contributed by atoms with Gasteiger partial charge in [-0.05, 0) is 77.0 Å². The molecule has 2 amide bonds. The second-order valence-corrected chi connectivity index (χ2v) is 10.4. The molecular weight excluding hydrogens is 454 g/mol. The molecule has 0 unspecified atom stereocenters. The molecule has 1 atom stereocenters. The van der Waals surface area contributed by atoms with Crippen LogP contribution in [-0.2, 0) is 4.79 Å². The van der Waals surface area contributed by atoms with Gasteiger partial charge in [0.2, 0.25) is 17.8 Å². The Hall–Kier alpha value is -3.04. The van der Waals surface area contributed by atoms with E-state index in [9.17, 15) is 9.59 Å². The molecule has 4 rings (SSSR count). The molecule has 0 spiro atoms. The number of likely N-dealkylation sites (tertiary alicyclic amines) is 2. The molecule has 9 heteroatoms. The number of nitrogens with two attached hydrogens (primary N) is 1. The number of nitrogens with zero attached hydrogens (tertiary/aromatic N) is 6. The van der Waals surface area contributed by atoms with Crippen LogP contribution in [0.3, 0.4) is 0 Å². The lowest BCUT2D eigenvalue weighted by Gasteiger charge is -2.39. The summed E-state index contributed by atoms with van der Waals surface area (Å²) in [6.45, 7) is 3.25. The maximum Gasteiger partial charge on any atom is 0.248 e. The molecule has 0 saturated carbocycles. The van der Waals surface area contributed by atoms with Gasteiger partial charge < -0.3 is 20.4 Å². The van der Waals surface area contributed by atoms with E-state index in [0.29, 0.717) is 30.6 Å². The van der Waals surface area contributed by atoms with Gasteiger partial charge in [0.15, 0.2) is 0 Å². The van der Waals surface area contributed by atoms with Crippen molar-refractivity contribution in [1.82, 2.24) is 24.7 Å². The summed E-state index contributed by atoms with van der Waals surface area (Å²) in [5, 5.41) is 0. The fourth-order valence-electron chi connectivity index (χ4n) is 5.30. The highest BCUT2D eigenvalue weighted by Gasteiger charge is 2.33. The zero-order valence-corrected chi connectivity index (χ0v) is 22.0.